The average Bonchev–Trinajstić information content (AvgIpc) is 3.66. The third-order valence-electron chi connectivity index (χ3n) is 11.4. The van der Waals surface area contributed by atoms with Crippen LogP contribution in [0.15, 0.2) is 237 Å². The molecule has 0 bridgehead atoms. The van der Waals surface area contributed by atoms with E-state index in [2.05, 4.69) is 245 Å². The van der Waals surface area contributed by atoms with Gasteiger partial charge in [0.15, 0.2) is 17.3 Å². The Morgan fingerprint density at radius 1 is 0.350 bits per heavy atom. The summed E-state index contributed by atoms with van der Waals surface area (Å²) in [5, 5.41) is 1.07. The van der Waals surface area contributed by atoms with Crippen LogP contribution in [0.1, 0.15) is 0 Å². The molecule has 1 aliphatic rings. The van der Waals surface area contributed by atoms with Crippen LogP contribution in [0.4, 0.5) is 34.3 Å². The normalized spacial score (nSPS) is 11.8. The Morgan fingerprint density at radius 2 is 0.850 bits per heavy atom. The Balaban J connectivity index is 0.988. The maximum absolute atomic E-state index is 6.74. The van der Waals surface area contributed by atoms with E-state index in [1.54, 1.807) is 0 Å². The molecule has 9 aromatic carbocycles. The molecule has 0 radical (unpaired) electrons. The molecule has 0 saturated heterocycles. The maximum Gasteiger partial charge on any atom is 0.178 e. The molecule has 0 N–H and O–H groups in total. The predicted molar refractivity (Wildman–Crippen MR) is 249 cm³/mol. The number of hydrogen-bond donors (Lipinski definition) is 0. The fraction of sp³-hybridized carbons (Fsp3) is 0. The summed E-state index contributed by atoms with van der Waals surface area (Å²) >= 11 is 0. The Hall–Kier alpha value is -8.08. The first-order chi connectivity index (χ1) is 29.8. The standard InChI is InChI=1S/C56H39N3O/c1-4-15-40(16-5-1)42-27-33-47(34-28-42)57(48-35-29-43(30-36-48)41-17-6-2-7-18-41)50-22-14-19-45(39-50)44-31-37-49(38-32-44)59-53-25-12-13-26-54(53)60-55-51-23-10-11-24-52(51)58(56(55)59)46-20-8-3-9-21-46/h1-39H. The summed E-state index contributed by atoms with van der Waals surface area (Å²) in [4.78, 5) is 4.68. The summed E-state index contributed by atoms with van der Waals surface area (Å²) < 4.78 is 9.05. The summed E-state index contributed by atoms with van der Waals surface area (Å²) in [6.07, 6.45) is 0. The molecule has 0 spiro atoms. The molecular weight excluding hydrogens is 731 g/mol. The molecule has 4 nitrogen and oxygen atoms in total. The van der Waals surface area contributed by atoms with Crippen molar-refractivity contribution >= 4 is 45.2 Å². The van der Waals surface area contributed by atoms with Crippen LogP contribution >= 0.6 is 0 Å². The lowest BCUT2D eigenvalue weighted by Gasteiger charge is -2.32. The number of anilines is 6. The van der Waals surface area contributed by atoms with E-state index in [9.17, 15) is 0 Å². The topological polar surface area (TPSA) is 20.6 Å². The SMILES string of the molecule is c1ccc(-c2ccc(N(c3ccc(-c4ccccc4)cc3)c3cccc(-c4ccc(N5c6ccccc6Oc6c5n(-c5ccccc5)c5ccccc65)cc4)c3)cc2)cc1. The number of fused-ring (bicyclic) bond motifs is 4. The van der Waals surface area contributed by atoms with Gasteiger partial charge in [-0.05, 0) is 118 Å². The van der Waals surface area contributed by atoms with Gasteiger partial charge < -0.3 is 9.64 Å². The molecule has 0 atom stereocenters. The van der Waals surface area contributed by atoms with E-state index in [-0.39, 0.29) is 0 Å². The number of aromatic nitrogens is 1. The van der Waals surface area contributed by atoms with Crippen LogP contribution in [0.5, 0.6) is 11.5 Å². The van der Waals surface area contributed by atoms with Gasteiger partial charge in [-0.3, -0.25) is 9.47 Å². The van der Waals surface area contributed by atoms with Crippen molar-refractivity contribution in [2.75, 3.05) is 9.80 Å². The molecule has 1 aromatic heterocycles. The molecule has 0 amide bonds. The van der Waals surface area contributed by atoms with Crippen molar-refractivity contribution < 1.29 is 4.74 Å². The monoisotopic (exact) mass is 769 g/mol. The lowest BCUT2D eigenvalue weighted by Crippen LogP contribution is -2.18. The molecule has 60 heavy (non-hydrogen) atoms. The first kappa shape index (κ1) is 35.1. The minimum absolute atomic E-state index is 0.825. The average molecular weight is 770 g/mol. The molecule has 4 heteroatoms. The van der Waals surface area contributed by atoms with E-state index < -0.39 is 0 Å². The second kappa shape index (κ2) is 15.0. The molecule has 284 valence electrons. The Morgan fingerprint density at radius 3 is 1.50 bits per heavy atom. The van der Waals surface area contributed by atoms with Crippen molar-refractivity contribution in [3.05, 3.63) is 237 Å². The van der Waals surface area contributed by atoms with Gasteiger partial charge >= 0.3 is 0 Å². The first-order valence-electron chi connectivity index (χ1n) is 20.3. The Labute approximate surface area is 350 Å². The van der Waals surface area contributed by atoms with Gasteiger partial charge in [-0.15, -0.1) is 0 Å². The summed E-state index contributed by atoms with van der Waals surface area (Å²) in [5.41, 5.74) is 14.5. The second-order valence-electron chi connectivity index (χ2n) is 15.0. The Bertz CT molecular complexity index is 3000. The number of nitrogens with zero attached hydrogens (tertiary/aromatic N) is 3. The highest BCUT2D eigenvalue weighted by molar-refractivity contribution is 6.01. The molecule has 0 saturated carbocycles. The van der Waals surface area contributed by atoms with Gasteiger partial charge in [-0.2, -0.15) is 0 Å². The zero-order chi connectivity index (χ0) is 39.8. The van der Waals surface area contributed by atoms with Crippen LogP contribution in [-0.4, -0.2) is 4.57 Å². The van der Waals surface area contributed by atoms with Crippen molar-refractivity contribution in [3.63, 3.8) is 0 Å². The van der Waals surface area contributed by atoms with Crippen molar-refractivity contribution in [1.29, 1.82) is 0 Å². The number of hydrogen-bond acceptors (Lipinski definition) is 3. The van der Waals surface area contributed by atoms with Gasteiger partial charge in [-0.1, -0.05) is 152 Å². The first-order valence-corrected chi connectivity index (χ1v) is 20.3. The van der Waals surface area contributed by atoms with Crippen LogP contribution < -0.4 is 14.5 Å². The molecule has 1 aliphatic heterocycles. The smallest absolute Gasteiger partial charge is 0.178 e. The minimum Gasteiger partial charge on any atom is -0.451 e. The predicted octanol–water partition coefficient (Wildman–Crippen LogP) is 15.7. The fourth-order valence-electron chi connectivity index (χ4n) is 8.49. The van der Waals surface area contributed by atoms with Gasteiger partial charge in [0.2, 0.25) is 0 Å². The molecular formula is C56H39N3O. The largest absolute Gasteiger partial charge is 0.451 e. The van der Waals surface area contributed by atoms with E-state index in [0.29, 0.717) is 0 Å². The number of para-hydroxylation sites is 4. The van der Waals surface area contributed by atoms with Crippen LogP contribution in [0.25, 0.3) is 50.0 Å². The molecule has 0 fully saturated rings. The van der Waals surface area contributed by atoms with E-state index in [1.165, 1.54) is 22.3 Å². The third-order valence-corrected chi connectivity index (χ3v) is 11.4. The van der Waals surface area contributed by atoms with Crippen molar-refractivity contribution in [2.24, 2.45) is 0 Å². The highest BCUT2D eigenvalue weighted by Gasteiger charge is 2.33. The van der Waals surface area contributed by atoms with E-state index in [0.717, 1.165) is 73.5 Å². The zero-order valence-electron chi connectivity index (χ0n) is 32.8. The molecule has 0 aliphatic carbocycles. The van der Waals surface area contributed by atoms with Crippen molar-refractivity contribution in [3.8, 4) is 50.6 Å². The number of rotatable bonds is 8. The summed E-state index contributed by atoms with van der Waals surface area (Å²) in [7, 11) is 0. The van der Waals surface area contributed by atoms with E-state index in [1.807, 2.05) is 6.07 Å². The maximum atomic E-state index is 6.74. The van der Waals surface area contributed by atoms with Gasteiger partial charge in [0.05, 0.1) is 11.2 Å². The quantitative estimate of drug-likeness (QED) is 0.154. The Kier molecular flexibility index (Phi) is 8.79. The lowest BCUT2D eigenvalue weighted by molar-refractivity contribution is 0.481. The van der Waals surface area contributed by atoms with Crippen molar-refractivity contribution in [2.45, 2.75) is 0 Å². The lowest BCUT2D eigenvalue weighted by atomic mass is 10.0. The van der Waals surface area contributed by atoms with Gasteiger partial charge in [0.1, 0.15) is 0 Å². The van der Waals surface area contributed by atoms with Crippen LogP contribution in [0.3, 0.4) is 0 Å². The highest BCUT2D eigenvalue weighted by atomic mass is 16.5. The minimum atomic E-state index is 0.825. The van der Waals surface area contributed by atoms with Gasteiger partial charge in [-0.25, -0.2) is 0 Å². The van der Waals surface area contributed by atoms with Gasteiger partial charge in [0.25, 0.3) is 0 Å². The summed E-state index contributed by atoms with van der Waals surface area (Å²) in [5.74, 6) is 2.65. The second-order valence-corrected chi connectivity index (χ2v) is 15.0. The summed E-state index contributed by atoms with van der Waals surface area (Å²) in [6.45, 7) is 0. The van der Waals surface area contributed by atoms with Gasteiger partial charge in [0, 0.05) is 33.8 Å². The highest BCUT2D eigenvalue weighted by Crippen LogP contribution is 2.55. The summed E-state index contributed by atoms with van der Waals surface area (Å²) in [6, 6.07) is 83.9. The van der Waals surface area contributed by atoms with Crippen LogP contribution in [0.2, 0.25) is 0 Å². The fourth-order valence-corrected chi connectivity index (χ4v) is 8.49. The third kappa shape index (κ3) is 6.28. The number of ether oxygens (including phenoxy) is 1. The van der Waals surface area contributed by atoms with Crippen LogP contribution in [-0.2, 0) is 0 Å². The molecule has 10 aromatic rings. The van der Waals surface area contributed by atoms with Crippen molar-refractivity contribution in [1.82, 2.24) is 4.57 Å². The number of benzene rings is 9. The van der Waals surface area contributed by atoms with E-state index in [4.69, 9.17) is 4.74 Å². The van der Waals surface area contributed by atoms with E-state index >= 15 is 0 Å². The molecule has 0 unspecified atom stereocenters. The zero-order valence-corrected chi connectivity index (χ0v) is 32.8. The molecule has 2 heterocycles. The van der Waals surface area contributed by atoms with Crippen LogP contribution in [0, 0.1) is 0 Å². The molecule has 11 rings (SSSR count).